The Kier molecular flexibility index (Phi) is 1.38. The van der Waals surface area contributed by atoms with E-state index in [1.54, 1.807) is 17.8 Å². The number of aromatic nitrogens is 2. The highest BCUT2D eigenvalue weighted by Crippen LogP contribution is 2.19. The highest BCUT2D eigenvalue weighted by Gasteiger charge is 2.21. The first-order valence-corrected chi connectivity index (χ1v) is 4.34. The Morgan fingerprint density at radius 2 is 2.36 bits per heavy atom. The van der Waals surface area contributed by atoms with Crippen LogP contribution >= 0.6 is 11.8 Å². The molecule has 0 aliphatic carbocycles. The van der Waals surface area contributed by atoms with Gasteiger partial charge in [-0.2, -0.15) is 0 Å². The van der Waals surface area contributed by atoms with Crippen molar-refractivity contribution in [2.45, 2.75) is 11.7 Å². The molecule has 5 heteroatoms. The molecule has 0 radical (unpaired) electrons. The van der Waals surface area contributed by atoms with E-state index in [1.807, 2.05) is 4.57 Å². The van der Waals surface area contributed by atoms with E-state index in [0.717, 1.165) is 17.5 Å². The van der Waals surface area contributed by atoms with Gasteiger partial charge in [-0.05, 0) is 11.8 Å². The Bertz CT molecular complexity index is 299. The van der Waals surface area contributed by atoms with E-state index >= 15 is 0 Å². The van der Waals surface area contributed by atoms with Gasteiger partial charge in [0.2, 0.25) is 11.6 Å². The molecular formula is C6H9N4S+. The molecule has 1 aliphatic rings. The zero-order valence-electron chi connectivity index (χ0n) is 5.95. The summed E-state index contributed by atoms with van der Waals surface area (Å²) >= 11 is 1.69. The summed E-state index contributed by atoms with van der Waals surface area (Å²) in [7, 11) is 0. The van der Waals surface area contributed by atoms with Crippen molar-refractivity contribution in [1.29, 1.82) is 0 Å². The van der Waals surface area contributed by atoms with Gasteiger partial charge in [-0.1, -0.05) is 4.98 Å². The summed E-state index contributed by atoms with van der Waals surface area (Å²) in [5.74, 6) is 2.25. The molecule has 1 aliphatic heterocycles. The number of nitrogen functional groups attached to an aromatic ring is 2. The van der Waals surface area contributed by atoms with Crippen LogP contribution in [0.1, 0.15) is 0 Å². The molecule has 0 bridgehead atoms. The monoisotopic (exact) mass is 169 g/mol. The van der Waals surface area contributed by atoms with Gasteiger partial charge in [0.1, 0.15) is 0 Å². The second kappa shape index (κ2) is 2.27. The molecular weight excluding hydrogens is 160 g/mol. The minimum Gasteiger partial charge on any atom is -0.370 e. The van der Waals surface area contributed by atoms with E-state index in [4.69, 9.17) is 11.5 Å². The van der Waals surface area contributed by atoms with Gasteiger partial charge < -0.3 is 11.5 Å². The topological polar surface area (TPSA) is 68.8 Å². The normalized spacial score (nSPS) is 14.9. The van der Waals surface area contributed by atoms with Gasteiger partial charge in [-0.3, -0.25) is 0 Å². The fourth-order valence-electron chi connectivity index (χ4n) is 1.11. The lowest BCUT2D eigenvalue weighted by Crippen LogP contribution is -2.37. The van der Waals surface area contributed by atoms with Gasteiger partial charge in [-0.15, -0.1) is 0 Å². The Labute approximate surface area is 68.6 Å². The van der Waals surface area contributed by atoms with Crippen molar-refractivity contribution >= 4 is 23.4 Å². The maximum absolute atomic E-state index is 5.70. The van der Waals surface area contributed by atoms with E-state index in [9.17, 15) is 0 Å². The molecule has 0 saturated carbocycles. The Morgan fingerprint density at radius 3 is 3.18 bits per heavy atom. The second-order valence-electron chi connectivity index (χ2n) is 2.39. The predicted octanol–water partition coefficient (Wildman–Crippen LogP) is -0.361. The summed E-state index contributed by atoms with van der Waals surface area (Å²) in [5, 5.41) is 0.933. The number of thioether (sulfide) groups is 1. The zero-order chi connectivity index (χ0) is 7.84. The lowest BCUT2D eigenvalue weighted by molar-refractivity contribution is -0.713. The maximum atomic E-state index is 5.70. The molecule has 4 N–H and O–H groups in total. The molecule has 0 atom stereocenters. The molecule has 0 amide bonds. The third-order valence-electron chi connectivity index (χ3n) is 1.61. The van der Waals surface area contributed by atoms with Crippen molar-refractivity contribution in [2.75, 3.05) is 17.2 Å². The molecule has 2 rings (SSSR count). The molecule has 4 nitrogen and oxygen atoms in total. The molecule has 0 unspecified atom stereocenters. The van der Waals surface area contributed by atoms with Crippen LogP contribution in [-0.2, 0) is 6.54 Å². The number of nitrogens with two attached hydrogens (primary N) is 2. The Balaban J connectivity index is 2.60. The van der Waals surface area contributed by atoms with Crippen LogP contribution in [0.5, 0.6) is 0 Å². The average Bonchev–Trinajstić information content (AvgIpc) is 2.34. The van der Waals surface area contributed by atoms with E-state index < -0.39 is 0 Å². The van der Waals surface area contributed by atoms with Crippen LogP contribution in [0.4, 0.5) is 11.6 Å². The van der Waals surface area contributed by atoms with Gasteiger partial charge in [0.05, 0.1) is 12.6 Å². The number of hydrogen-bond donors (Lipinski definition) is 2. The van der Waals surface area contributed by atoms with Crippen molar-refractivity contribution in [3.63, 3.8) is 0 Å². The van der Waals surface area contributed by atoms with E-state index in [0.29, 0.717) is 11.6 Å². The molecule has 1 aromatic heterocycles. The fourth-order valence-corrected chi connectivity index (χ4v) is 2.09. The largest absolute Gasteiger partial charge is 0.370 e. The summed E-state index contributed by atoms with van der Waals surface area (Å²) in [6.07, 6.45) is 0. The van der Waals surface area contributed by atoms with Crippen molar-refractivity contribution in [1.82, 2.24) is 4.98 Å². The van der Waals surface area contributed by atoms with Crippen LogP contribution in [0.2, 0.25) is 0 Å². The summed E-state index contributed by atoms with van der Waals surface area (Å²) in [6.45, 7) is 0.944. The third-order valence-corrected chi connectivity index (χ3v) is 2.57. The lowest BCUT2D eigenvalue weighted by atomic mass is 10.5. The summed E-state index contributed by atoms with van der Waals surface area (Å²) in [6, 6.07) is 1.69. The van der Waals surface area contributed by atoms with Crippen LogP contribution in [0.3, 0.4) is 0 Å². The first-order chi connectivity index (χ1) is 5.27. The zero-order valence-corrected chi connectivity index (χ0v) is 6.77. The summed E-state index contributed by atoms with van der Waals surface area (Å²) in [5.41, 5.74) is 11.2. The number of nitrogens with zero attached hydrogens (tertiary/aromatic N) is 2. The average molecular weight is 169 g/mol. The van der Waals surface area contributed by atoms with Gasteiger partial charge in [0, 0.05) is 5.75 Å². The molecule has 1 aromatic rings. The van der Waals surface area contributed by atoms with Crippen molar-refractivity contribution in [3.8, 4) is 0 Å². The minimum absolute atomic E-state index is 0.503. The number of anilines is 2. The van der Waals surface area contributed by atoms with E-state index in [2.05, 4.69) is 4.98 Å². The Hall–Kier alpha value is -0.970. The predicted molar refractivity (Wildman–Crippen MR) is 44.0 cm³/mol. The van der Waals surface area contributed by atoms with E-state index in [-0.39, 0.29) is 0 Å². The van der Waals surface area contributed by atoms with Crippen molar-refractivity contribution < 1.29 is 4.57 Å². The van der Waals surface area contributed by atoms with Crippen LogP contribution in [0, 0.1) is 0 Å². The summed E-state index contributed by atoms with van der Waals surface area (Å²) in [4.78, 5) is 4.14. The maximum Gasteiger partial charge on any atom is 0.301 e. The van der Waals surface area contributed by atoms with E-state index in [1.165, 1.54) is 0 Å². The third kappa shape index (κ3) is 1.01. The van der Waals surface area contributed by atoms with Gasteiger partial charge >= 0.3 is 5.16 Å². The number of fused-ring (bicyclic) bond motifs is 1. The first-order valence-electron chi connectivity index (χ1n) is 3.36. The number of rotatable bonds is 0. The molecule has 0 saturated heterocycles. The molecule has 0 spiro atoms. The molecule has 2 heterocycles. The van der Waals surface area contributed by atoms with Gasteiger partial charge in [0.25, 0.3) is 0 Å². The standard InChI is InChI=1S/C6H8N4S/c7-4-3-5(8)10-1-2-11-6(10)9-4/h3H,1-2H2,(H3,7,8)/p+1. The molecule has 58 valence electrons. The van der Waals surface area contributed by atoms with Crippen molar-refractivity contribution in [3.05, 3.63) is 6.07 Å². The van der Waals surface area contributed by atoms with Crippen molar-refractivity contribution in [2.24, 2.45) is 0 Å². The fraction of sp³-hybridized carbons (Fsp3) is 0.333. The highest BCUT2D eigenvalue weighted by atomic mass is 32.2. The smallest absolute Gasteiger partial charge is 0.301 e. The van der Waals surface area contributed by atoms with Crippen LogP contribution in [0.15, 0.2) is 11.2 Å². The first kappa shape index (κ1) is 6.72. The van der Waals surface area contributed by atoms with Crippen LogP contribution < -0.4 is 16.0 Å². The van der Waals surface area contributed by atoms with Crippen LogP contribution in [0.25, 0.3) is 0 Å². The van der Waals surface area contributed by atoms with Gasteiger partial charge in [-0.25, -0.2) is 4.57 Å². The lowest BCUT2D eigenvalue weighted by Gasteiger charge is -1.97. The van der Waals surface area contributed by atoms with Crippen LogP contribution in [-0.4, -0.2) is 10.7 Å². The van der Waals surface area contributed by atoms with Gasteiger partial charge in [0.15, 0.2) is 0 Å². The highest BCUT2D eigenvalue weighted by molar-refractivity contribution is 7.99. The SMILES string of the molecule is Nc1cc(N)[n+]2c(n1)SCC2. The quantitative estimate of drug-likeness (QED) is 0.411. The Morgan fingerprint density at radius 1 is 1.55 bits per heavy atom. The molecule has 0 fully saturated rings. The minimum atomic E-state index is 0.503. The molecule has 0 aromatic carbocycles. The number of hydrogen-bond acceptors (Lipinski definition) is 4. The second-order valence-corrected chi connectivity index (χ2v) is 3.45. The molecule has 11 heavy (non-hydrogen) atoms. The summed E-state index contributed by atoms with van der Waals surface area (Å²) < 4.78 is 1.97.